The van der Waals surface area contributed by atoms with Crippen molar-refractivity contribution < 1.29 is 9.47 Å². The van der Waals surface area contributed by atoms with Crippen molar-refractivity contribution in [3.05, 3.63) is 46.7 Å². The lowest BCUT2D eigenvalue weighted by Gasteiger charge is -2.46. The molecule has 1 heterocycles. The Morgan fingerprint density at radius 2 is 1.81 bits per heavy atom. The number of ether oxygens (including phenoxy) is 2. The van der Waals surface area contributed by atoms with E-state index in [2.05, 4.69) is 37.0 Å². The lowest BCUT2D eigenvalue weighted by atomic mass is 9.58. The van der Waals surface area contributed by atoms with Crippen LogP contribution in [0.1, 0.15) is 39.2 Å². The molecule has 32 heavy (non-hydrogen) atoms. The average molecular weight is 432 g/mol. The van der Waals surface area contributed by atoms with E-state index in [-0.39, 0.29) is 29.3 Å². The number of rotatable bonds is 5. The van der Waals surface area contributed by atoms with E-state index in [0.717, 1.165) is 11.1 Å². The maximum Gasteiger partial charge on any atom is 0.191 e. The van der Waals surface area contributed by atoms with E-state index in [0.29, 0.717) is 24.6 Å². The number of nitriles is 3. The molecule has 0 fully saturated rings. The molecule has 2 atom stereocenters. The van der Waals surface area contributed by atoms with Crippen LogP contribution in [-0.2, 0) is 0 Å². The van der Waals surface area contributed by atoms with Crippen molar-refractivity contribution in [2.24, 2.45) is 17.1 Å². The Morgan fingerprint density at radius 3 is 2.34 bits per heavy atom. The molecule has 7 heteroatoms. The highest BCUT2D eigenvalue weighted by molar-refractivity contribution is 5.60. The first-order valence-corrected chi connectivity index (χ1v) is 10.8. The maximum absolute atomic E-state index is 10.2. The molecular formula is C25H29N5O2. The van der Waals surface area contributed by atoms with Crippen molar-refractivity contribution >= 4 is 0 Å². The smallest absolute Gasteiger partial charge is 0.191 e. The number of benzene rings is 1. The van der Waals surface area contributed by atoms with Gasteiger partial charge < -0.3 is 15.2 Å². The molecule has 7 nitrogen and oxygen atoms in total. The average Bonchev–Trinajstić information content (AvgIpc) is 2.78. The fourth-order valence-electron chi connectivity index (χ4n) is 4.73. The zero-order chi connectivity index (χ0) is 23.6. The monoisotopic (exact) mass is 431 g/mol. The van der Waals surface area contributed by atoms with Gasteiger partial charge in [0.15, 0.2) is 16.9 Å². The van der Waals surface area contributed by atoms with Gasteiger partial charge in [-0.2, -0.15) is 15.8 Å². The molecule has 2 aliphatic rings. The second-order valence-corrected chi connectivity index (χ2v) is 8.80. The fraction of sp³-hybridized carbons (Fsp3) is 0.480. The Hall–Kier alpha value is -3.47. The number of fused-ring (bicyclic) bond motifs is 1. The molecule has 0 spiro atoms. The number of nitrogens with two attached hydrogens (primary N) is 1. The molecule has 0 bridgehead atoms. The van der Waals surface area contributed by atoms with Crippen LogP contribution in [0.25, 0.3) is 0 Å². The molecule has 0 unspecified atom stereocenters. The second-order valence-electron chi connectivity index (χ2n) is 8.80. The molecule has 0 saturated carbocycles. The van der Waals surface area contributed by atoms with E-state index >= 15 is 0 Å². The molecule has 0 saturated heterocycles. The van der Waals surface area contributed by atoms with Gasteiger partial charge in [-0.25, -0.2) is 0 Å². The second kappa shape index (κ2) is 8.95. The summed E-state index contributed by atoms with van der Waals surface area (Å²) in [6.45, 7) is 9.37. The number of allylic oxidation sites excluding steroid dienone is 2. The summed E-state index contributed by atoms with van der Waals surface area (Å²) in [5.41, 5.74) is 6.56. The number of methoxy groups -OCH3 is 1. The van der Waals surface area contributed by atoms with E-state index in [4.69, 9.17) is 15.2 Å². The lowest BCUT2D eigenvalue weighted by molar-refractivity contribution is 0.174. The normalized spacial score (nSPS) is 22.4. The van der Waals surface area contributed by atoms with Crippen molar-refractivity contribution in [3.63, 3.8) is 0 Å². The SMILES string of the molecule is COc1cc([C@@H]2[C@H]3CN(C(C)C)CC=C3C(C#N)=C(N)C2(C#N)C#N)ccc1OC(C)C. The third-order valence-corrected chi connectivity index (χ3v) is 6.33. The van der Waals surface area contributed by atoms with E-state index in [1.54, 1.807) is 13.2 Å². The Balaban J connectivity index is 2.26. The third kappa shape index (κ3) is 3.68. The molecule has 1 aliphatic heterocycles. The summed E-state index contributed by atoms with van der Waals surface area (Å²) in [6.07, 6.45) is 1.98. The molecule has 0 amide bonds. The summed E-state index contributed by atoms with van der Waals surface area (Å²) in [4.78, 5) is 2.27. The Bertz CT molecular complexity index is 1070. The molecule has 3 rings (SSSR count). The van der Waals surface area contributed by atoms with E-state index < -0.39 is 11.3 Å². The topological polar surface area (TPSA) is 119 Å². The van der Waals surface area contributed by atoms with Crippen molar-refractivity contribution in [1.29, 1.82) is 15.8 Å². The Morgan fingerprint density at radius 1 is 1.12 bits per heavy atom. The van der Waals surface area contributed by atoms with Crippen molar-refractivity contribution in [3.8, 4) is 29.7 Å². The summed E-state index contributed by atoms with van der Waals surface area (Å²) >= 11 is 0. The summed E-state index contributed by atoms with van der Waals surface area (Å²) in [7, 11) is 1.56. The van der Waals surface area contributed by atoms with Crippen molar-refractivity contribution in [1.82, 2.24) is 4.90 Å². The van der Waals surface area contributed by atoms with Gasteiger partial charge in [0, 0.05) is 31.0 Å². The molecule has 0 radical (unpaired) electrons. The molecule has 2 N–H and O–H groups in total. The number of hydrogen-bond donors (Lipinski definition) is 1. The van der Waals surface area contributed by atoms with Crippen LogP contribution in [0, 0.1) is 45.3 Å². The first kappa shape index (κ1) is 23.2. The van der Waals surface area contributed by atoms with Gasteiger partial charge in [-0.05, 0) is 51.0 Å². The fourth-order valence-corrected chi connectivity index (χ4v) is 4.73. The van der Waals surface area contributed by atoms with Crippen LogP contribution >= 0.6 is 0 Å². The maximum atomic E-state index is 10.2. The summed E-state index contributed by atoms with van der Waals surface area (Å²) in [6, 6.07) is 12.3. The van der Waals surface area contributed by atoms with Crippen LogP contribution in [0.15, 0.2) is 41.1 Å². The van der Waals surface area contributed by atoms with Gasteiger partial charge in [0.05, 0.1) is 36.6 Å². The summed E-state index contributed by atoms with van der Waals surface area (Å²) < 4.78 is 11.4. The standard InChI is InChI=1S/C25H29N5O2/c1-15(2)30-9-8-18-19(11-26)24(29)25(13-27,14-28)23(20(18)12-30)17-6-7-21(32-16(3)4)22(10-17)31-5/h6-8,10,15-16,20,23H,9,12,29H2,1-5H3/t20-,23+/m0/s1. The van der Waals surface area contributed by atoms with Gasteiger partial charge in [-0.15, -0.1) is 0 Å². The number of nitrogens with zero attached hydrogens (tertiary/aromatic N) is 4. The molecule has 1 aliphatic carbocycles. The number of hydrogen-bond acceptors (Lipinski definition) is 7. The van der Waals surface area contributed by atoms with Crippen molar-refractivity contribution in [2.75, 3.05) is 20.2 Å². The van der Waals surface area contributed by atoms with Gasteiger partial charge >= 0.3 is 0 Å². The van der Waals surface area contributed by atoms with Crippen LogP contribution in [0.4, 0.5) is 0 Å². The van der Waals surface area contributed by atoms with Gasteiger partial charge in [0.1, 0.15) is 6.07 Å². The van der Waals surface area contributed by atoms with Gasteiger partial charge in [0.2, 0.25) is 0 Å². The van der Waals surface area contributed by atoms with E-state index in [1.165, 1.54) is 0 Å². The highest BCUT2D eigenvalue weighted by atomic mass is 16.5. The zero-order valence-electron chi connectivity index (χ0n) is 19.2. The van der Waals surface area contributed by atoms with Crippen molar-refractivity contribution in [2.45, 2.75) is 45.8 Å². The third-order valence-electron chi connectivity index (χ3n) is 6.33. The first-order chi connectivity index (χ1) is 15.2. The highest BCUT2D eigenvalue weighted by Gasteiger charge is 2.54. The molecule has 166 valence electrons. The predicted molar refractivity (Wildman–Crippen MR) is 120 cm³/mol. The highest BCUT2D eigenvalue weighted by Crippen LogP contribution is 2.55. The largest absolute Gasteiger partial charge is 0.493 e. The van der Waals surface area contributed by atoms with Crippen LogP contribution in [-0.4, -0.2) is 37.2 Å². The Kier molecular flexibility index (Phi) is 6.49. The van der Waals surface area contributed by atoms with Gasteiger partial charge in [0.25, 0.3) is 0 Å². The quantitative estimate of drug-likeness (QED) is 0.756. The van der Waals surface area contributed by atoms with E-state index in [9.17, 15) is 15.8 Å². The summed E-state index contributed by atoms with van der Waals surface area (Å²) in [5.74, 6) is 0.307. The molecule has 1 aromatic carbocycles. The van der Waals surface area contributed by atoms with Gasteiger partial charge in [-0.1, -0.05) is 12.1 Å². The van der Waals surface area contributed by atoms with Gasteiger partial charge in [-0.3, -0.25) is 4.90 Å². The predicted octanol–water partition coefficient (Wildman–Crippen LogP) is 3.62. The lowest BCUT2D eigenvalue weighted by Crippen LogP contribution is -2.49. The minimum absolute atomic E-state index is 0.0250. The Labute approximate surface area is 189 Å². The minimum atomic E-state index is -1.67. The zero-order valence-corrected chi connectivity index (χ0v) is 19.2. The molecule has 1 aromatic rings. The summed E-state index contributed by atoms with van der Waals surface area (Å²) in [5, 5.41) is 30.3. The molecular weight excluding hydrogens is 402 g/mol. The first-order valence-electron chi connectivity index (χ1n) is 10.8. The van der Waals surface area contributed by atoms with E-state index in [1.807, 2.05) is 32.1 Å². The van der Waals surface area contributed by atoms with Crippen LogP contribution in [0.3, 0.4) is 0 Å². The minimum Gasteiger partial charge on any atom is -0.493 e. The molecule has 0 aromatic heterocycles. The van der Waals surface area contributed by atoms with Crippen LogP contribution in [0.5, 0.6) is 11.5 Å². The van der Waals surface area contributed by atoms with Crippen LogP contribution in [0.2, 0.25) is 0 Å². The van der Waals surface area contributed by atoms with Crippen LogP contribution < -0.4 is 15.2 Å².